The predicted molar refractivity (Wildman–Crippen MR) is 74.8 cm³/mol. The van der Waals surface area contributed by atoms with Crippen molar-refractivity contribution < 1.29 is 13.7 Å². The van der Waals surface area contributed by atoms with Crippen molar-refractivity contribution in [2.45, 2.75) is 18.9 Å². The third-order valence-corrected chi connectivity index (χ3v) is 3.60. The first-order valence-electron chi connectivity index (χ1n) is 6.78. The lowest BCUT2D eigenvalue weighted by Crippen LogP contribution is -2.42. The maximum absolute atomic E-state index is 13.8. The number of benzene rings is 1. The maximum atomic E-state index is 13.8. The molecule has 7 heteroatoms. The van der Waals surface area contributed by atoms with Crippen molar-refractivity contribution in [2.24, 2.45) is 0 Å². The van der Waals surface area contributed by atoms with Crippen molar-refractivity contribution in [1.82, 2.24) is 15.5 Å². The largest absolute Gasteiger partial charge is 0.378 e. The Hall–Kier alpha value is -1.50. The van der Waals surface area contributed by atoms with E-state index >= 15 is 0 Å². The fourth-order valence-corrected chi connectivity index (χ4v) is 2.46. The van der Waals surface area contributed by atoms with Crippen LogP contribution < -0.4 is 5.32 Å². The van der Waals surface area contributed by atoms with Gasteiger partial charge in [0.2, 0.25) is 5.89 Å². The second-order valence-electron chi connectivity index (χ2n) is 4.92. The zero-order valence-electron chi connectivity index (χ0n) is 11.3. The van der Waals surface area contributed by atoms with Gasteiger partial charge in [-0.2, -0.15) is 4.98 Å². The molecule has 1 unspecified atom stereocenters. The van der Waals surface area contributed by atoms with Gasteiger partial charge >= 0.3 is 0 Å². The Morgan fingerprint density at radius 2 is 2.33 bits per heavy atom. The van der Waals surface area contributed by atoms with Gasteiger partial charge in [0.15, 0.2) is 5.82 Å². The zero-order valence-corrected chi connectivity index (χ0v) is 12.1. The van der Waals surface area contributed by atoms with Crippen LogP contribution in [0.5, 0.6) is 0 Å². The quantitative estimate of drug-likeness (QED) is 0.935. The van der Waals surface area contributed by atoms with Crippen LogP contribution in [0.3, 0.4) is 0 Å². The molecular weight excluding hydrogens is 297 g/mol. The van der Waals surface area contributed by atoms with Crippen molar-refractivity contribution in [1.29, 1.82) is 0 Å². The number of rotatable bonds is 4. The molecule has 1 N–H and O–H groups in total. The molecule has 112 valence electrons. The smallest absolute Gasteiger partial charge is 0.228 e. The lowest BCUT2D eigenvalue weighted by molar-refractivity contribution is 0.0744. The highest BCUT2D eigenvalue weighted by Crippen LogP contribution is 2.19. The van der Waals surface area contributed by atoms with Crippen LogP contribution in [-0.2, 0) is 17.6 Å². The minimum Gasteiger partial charge on any atom is -0.378 e. The van der Waals surface area contributed by atoms with Crippen LogP contribution in [0.2, 0.25) is 5.02 Å². The molecule has 2 heterocycles. The van der Waals surface area contributed by atoms with E-state index in [1.807, 2.05) is 0 Å². The highest BCUT2D eigenvalue weighted by molar-refractivity contribution is 6.30. The predicted octanol–water partition coefficient (Wildman–Crippen LogP) is 1.98. The third-order valence-electron chi connectivity index (χ3n) is 3.31. The molecule has 2 aromatic rings. The Morgan fingerprint density at radius 3 is 3.14 bits per heavy atom. The minimum atomic E-state index is -0.437. The molecule has 1 atom stereocenters. The molecule has 1 aromatic carbocycles. The summed E-state index contributed by atoms with van der Waals surface area (Å²) in [5.74, 6) is 0.534. The Morgan fingerprint density at radius 1 is 1.43 bits per heavy atom. The molecule has 0 bridgehead atoms. The van der Waals surface area contributed by atoms with Crippen molar-refractivity contribution in [3.8, 4) is 0 Å². The fourth-order valence-electron chi connectivity index (χ4n) is 2.26. The summed E-state index contributed by atoms with van der Waals surface area (Å²) in [6.45, 7) is 2.17. The van der Waals surface area contributed by atoms with E-state index in [9.17, 15) is 4.39 Å². The van der Waals surface area contributed by atoms with E-state index in [1.54, 1.807) is 12.1 Å². The van der Waals surface area contributed by atoms with E-state index in [0.717, 1.165) is 13.2 Å². The molecule has 0 radical (unpaired) electrons. The van der Waals surface area contributed by atoms with Crippen LogP contribution in [0.4, 0.5) is 4.39 Å². The number of hydrogen-bond donors (Lipinski definition) is 1. The first kappa shape index (κ1) is 14.4. The first-order valence-corrected chi connectivity index (χ1v) is 7.15. The highest BCUT2D eigenvalue weighted by atomic mass is 35.5. The van der Waals surface area contributed by atoms with Crippen LogP contribution in [0, 0.1) is 5.82 Å². The monoisotopic (exact) mass is 311 g/mol. The van der Waals surface area contributed by atoms with Gasteiger partial charge < -0.3 is 14.6 Å². The summed E-state index contributed by atoms with van der Waals surface area (Å²) < 4.78 is 24.4. The highest BCUT2D eigenvalue weighted by Gasteiger charge is 2.18. The van der Waals surface area contributed by atoms with Crippen LogP contribution in [0.15, 0.2) is 22.7 Å². The molecular formula is C14H15ClFN3O2. The second kappa shape index (κ2) is 6.51. The summed E-state index contributed by atoms with van der Waals surface area (Å²) in [5.41, 5.74) is 0.453. The number of hydrogen-bond acceptors (Lipinski definition) is 5. The van der Waals surface area contributed by atoms with Crippen LogP contribution in [0.1, 0.15) is 17.3 Å². The van der Waals surface area contributed by atoms with Gasteiger partial charge in [0.1, 0.15) is 5.82 Å². The number of aromatic nitrogens is 2. The van der Waals surface area contributed by atoms with Gasteiger partial charge in [0, 0.05) is 25.4 Å². The van der Waals surface area contributed by atoms with Crippen LogP contribution in [-0.4, -0.2) is 35.9 Å². The average Bonchev–Trinajstić information content (AvgIpc) is 2.92. The zero-order chi connectivity index (χ0) is 14.7. The summed E-state index contributed by atoms with van der Waals surface area (Å²) in [6.07, 6.45) is 0.857. The Bertz CT molecular complexity index is 614. The van der Waals surface area contributed by atoms with Gasteiger partial charge in [-0.05, 0) is 11.6 Å². The number of morpholine rings is 1. The molecule has 0 amide bonds. The van der Waals surface area contributed by atoms with Crippen LogP contribution >= 0.6 is 11.6 Å². The Kier molecular flexibility index (Phi) is 4.48. The summed E-state index contributed by atoms with van der Waals surface area (Å²) in [4.78, 5) is 4.29. The van der Waals surface area contributed by atoms with E-state index in [1.165, 1.54) is 6.07 Å². The van der Waals surface area contributed by atoms with Gasteiger partial charge in [-0.25, -0.2) is 4.39 Å². The SMILES string of the molecule is Fc1c(Cl)cccc1Cc1noc(CC2COCCN2)n1. The molecule has 3 rings (SSSR count). The number of nitrogens with zero attached hydrogens (tertiary/aromatic N) is 2. The molecule has 21 heavy (non-hydrogen) atoms. The van der Waals surface area contributed by atoms with Crippen molar-refractivity contribution in [2.75, 3.05) is 19.8 Å². The molecule has 0 aliphatic carbocycles. The summed E-state index contributed by atoms with van der Waals surface area (Å²) in [5, 5.41) is 7.29. The number of nitrogens with one attached hydrogen (secondary N) is 1. The summed E-state index contributed by atoms with van der Waals surface area (Å²) in [7, 11) is 0. The average molecular weight is 312 g/mol. The molecule has 1 aliphatic heterocycles. The van der Waals surface area contributed by atoms with Crippen molar-refractivity contribution in [3.63, 3.8) is 0 Å². The van der Waals surface area contributed by atoms with Crippen molar-refractivity contribution in [3.05, 3.63) is 46.3 Å². The van der Waals surface area contributed by atoms with Gasteiger partial charge in [0.05, 0.1) is 18.2 Å². The lowest BCUT2D eigenvalue weighted by Gasteiger charge is -2.22. The summed E-state index contributed by atoms with van der Waals surface area (Å²) in [6, 6.07) is 5.05. The molecule has 1 aromatic heterocycles. The van der Waals surface area contributed by atoms with E-state index < -0.39 is 5.82 Å². The van der Waals surface area contributed by atoms with E-state index in [0.29, 0.717) is 30.3 Å². The maximum Gasteiger partial charge on any atom is 0.228 e. The first-order chi connectivity index (χ1) is 10.2. The molecule has 5 nitrogen and oxygen atoms in total. The van der Waals surface area contributed by atoms with Crippen molar-refractivity contribution >= 4 is 11.6 Å². The summed E-state index contributed by atoms with van der Waals surface area (Å²) >= 11 is 5.75. The van der Waals surface area contributed by atoms with Gasteiger partial charge in [-0.3, -0.25) is 0 Å². The Balaban J connectivity index is 1.66. The number of halogens is 2. The third kappa shape index (κ3) is 3.58. The number of ether oxygens (including phenoxy) is 1. The van der Waals surface area contributed by atoms with Gasteiger partial charge in [0.25, 0.3) is 0 Å². The van der Waals surface area contributed by atoms with E-state index in [-0.39, 0.29) is 17.5 Å². The Labute approximate surface area is 126 Å². The molecule has 1 fully saturated rings. The minimum absolute atomic E-state index is 0.0970. The molecule has 0 spiro atoms. The molecule has 1 aliphatic rings. The van der Waals surface area contributed by atoms with Crippen LogP contribution in [0.25, 0.3) is 0 Å². The topological polar surface area (TPSA) is 60.2 Å². The van der Waals surface area contributed by atoms with E-state index in [2.05, 4.69) is 15.5 Å². The standard InChI is InChI=1S/C14H15ClFN3O2/c15-11-3-1-2-9(14(11)16)6-12-18-13(21-19-12)7-10-8-20-5-4-17-10/h1-3,10,17H,4-8H2. The molecule has 1 saturated heterocycles. The fraction of sp³-hybridized carbons (Fsp3) is 0.429. The lowest BCUT2D eigenvalue weighted by atomic mass is 10.1. The second-order valence-corrected chi connectivity index (χ2v) is 5.33. The normalized spacial score (nSPS) is 18.9. The van der Waals surface area contributed by atoms with Gasteiger partial charge in [-0.1, -0.05) is 28.9 Å². The van der Waals surface area contributed by atoms with Gasteiger partial charge in [-0.15, -0.1) is 0 Å². The molecule has 0 saturated carbocycles. The van der Waals surface area contributed by atoms with E-state index in [4.69, 9.17) is 20.9 Å².